The molecule has 0 bridgehead atoms. The number of hydrogen-bond donors (Lipinski definition) is 2. The summed E-state index contributed by atoms with van der Waals surface area (Å²) in [4.78, 5) is 28.2. The minimum Gasteiger partial charge on any atom is -0.451 e. The summed E-state index contributed by atoms with van der Waals surface area (Å²) in [7, 11) is 0. The van der Waals surface area contributed by atoms with Crippen LogP contribution in [0.25, 0.3) is 11.0 Å². The molecule has 0 aliphatic carbocycles. The number of furan rings is 1. The summed E-state index contributed by atoms with van der Waals surface area (Å²) in [5.41, 5.74) is 3.75. The van der Waals surface area contributed by atoms with Gasteiger partial charge in [0, 0.05) is 11.1 Å². The molecule has 3 aromatic rings. The fourth-order valence-electron chi connectivity index (χ4n) is 3.87. The van der Waals surface area contributed by atoms with Crippen LogP contribution in [0.15, 0.2) is 52.9 Å². The fraction of sp³-hybridized carbons (Fsp3) is 0.304. The SMILES string of the molecule is Cc1cccc(C)c1NC(=O)C[NH+]1CCN(C(=O)c2cc3ccccc3o2)CC1. The van der Waals surface area contributed by atoms with Crippen LogP contribution in [-0.2, 0) is 4.79 Å². The van der Waals surface area contributed by atoms with Crippen LogP contribution >= 0.6 is 0 Å². The third-order valence-electron chi connectivity index (χ3n) is 5.55. The van der Waals surface area contributed by atoms with Crippen molar-refractivity contribution in [3.8, 4) is 0 Å². The molecule has 1 aliphatic rings. The van der Waals surface area contributed by atoms with E-state index >= 15 is 0 Å². The van der Waals surface area contributed by atoms with Crippen molar-refractivity contribution in [2.24, 2.45) is 0 Å². The highest BCUT2D eigenvalue weighted by Crippen LogP contribution is 2.20. The number of fused-ring (bicyclic) bond motifs is 1. The first-order chi connectivity index (χ1) is 14.0. The fourth-order valence-corrected chi connectivity index (χ4v) is 3.87. The maximum absolute atomic E-state index is 12.8. The van der Waals surface area contributed by atoms with Gasteiger partial charge in [-0.25, -0.2) is 0 Å². The van der Waals surface area contributed by atoms with Crippen LogP contribution in [0.1, 0.15) is 21.7 Å². The summed E-state index contributed by atoms with van der Waals surface area (Å²) in [5.74, 6) is 0.303. The third kappa shape index (κ3) is 4.17. The number of benzene rings is 2. The number of para-hydroxylation sites is 2. The molecule has 2 aromatic carbocycles. The predicted molar refractivity (Wildman–Crippen MR) is 112 cm³/mol. The van der Waals surface area contributed by atoms with Crippen LogP contribution in [0.4, 0.5) is 5.69 Å². The Morgan fingerprint density at radius 3 is 2.41 bits per heavy atom. The lowest BCUT2D eigenvalue weighted by Crippen LogP contribution is -3.15. The van der Waals surface area contributed by atoms with E-state index in [1.165, 1.54) is 4.90 Å². The van der Waals surface area contributed by atoms with Crippen molar-refractivity contribution in [2.75, 3.05) is 38.0 Å². The zero-order valence-electron chi connectivity index (χ0n) is 16.8. The van der Waals surface area contributed by atoms with Crippen molar-refractivity contribution in [1.82, 2.24) is 4.90 Å². The lowest BCUT2D eigenvalue weighted by atomic mass is 10.1. The van der Waals surface area contributed by atoms with Gasteiger partial charge in [0.2, 0.25) is 0 Å². The standard InChI is InChI=1S/C23H25N3O3/c1-16-6-5-7-17(2)22(16)24-21(27)15-25-10-12-26(13-11-25)23(28)20-14-18-8-3-4-9-19(18)29-20/h3-9,14H,10-13,15H2,1-2H3,(H,24,27)/p+1. The first-order valence-corrected chi connectivity index (χ1v) is 9.99. The van der Waals surface area contributed by atoms with E-state index in [2.05, 4.69) is 5.32 Å². The molecule has 1 aliphatic heterocycles. The molecule has 150 valence electrons. The van der Waals surface area contributed by atoms with E-state index < -0.39 is 0 Å². The largest absolute Gasteiger partial charge is 0.451 e. The molecule has 29 heavy (non-hydrogen) atoms. The van der Waals surface area contributed by atoms with Gasteiger partial charge in [0.25, 0.3) is 11.8 Å². The van der Waals surface area contributed by atoms with Gasteiger partial charge in [-0.3, -0.25) is 9.59 Å². The molecule has 0 atom stereocenters. The van der Waals surface area contributed by atoms with E-state index in [1.807, 2.05) is 61.2 Å². The molecular formula is C23H26N3O3+. The van der Waals surface area contributed by atoms with Gasteiger partial charge >= 0.3 is 0 Å². The van der Waals surface area contributed by atoms with Gasteiger partial charge in [-0.15, -0.1) is 0 Å². The summed E-state index contributed by atoms with van der Waals surface area (Å²) in [5, 5.41) is 3.98. The van der Waals surface area contributed by atoms with E-state index in [0.717, 1.165) is 40.9 Å². The number of rotatable bonds is 4. The first-order valence-electron chi connectivity index (χ1n) is 9.99. The predicted octanol–water partition coefficient (Wildman–Crippen LogP) is 2.03. The minimum absolute atomic E-state index is 0.00876. The normalized spacial score (nSPS) is 14.9. The van der Waals surface area contributed by atoms with Crippen molar-refractivity contribution in [1.29, 1.82) is 0 Å². The second-order valence-corrected chi connectivity index (χ2v) is 7.68. The van der Waals surface area contributed by atoms with Crippen LogP contribution in [0, 0.1) is 13.8 Å². The Hall–Kier alpha value is -3.12. The Morgan fingerprint density at radius 2 is 1.72 bits per heavy atom. The highest BCUT2D eigenvalue weighted by Gasteiger charge is 2.27. The lowest BCUT2D eigenvalue weighted by Gasteiger charge is -2.31. The second kappa shape index (κ2) is 8.09. The topological polar surface area (TPSA) is 67.0 Å². The van der Waals surface area contributed by atoms with Crippen molar-refractivity contribution in [3.63, 3.8) is 0 Å². The lowest BCUT2D eigenvalue weighted by molar-refractivity contribution is -0.895. The Balaban J connectivity index is 1.32. The van der Waals surface area contributed by atoms with E-state index in [9.17, 15) is 9.59 Å². The number of aryl methyl sites for hydroxylation is 2. The van der Waals surface area contributed by atoms with Gasteiger partial charge in [0.05, 0.1) is 26.2 Å². The van der Waals surface area contributed by atoms with Crippen LogP contribution in [0.3, 0.4) is 0 Å². The third-order valence-corrected chi connectivity index (χ3v) is 5.55. The van der Waals surface area contributed by atoms with Gasteiger partial charge in [-0.05, 0) is 37.1 Å². The Kier molecular flexibility index (Phi) is 5.36. The number of carbonyl (C=O) groups is 2. The highest BCUT2D eigenvalue weighted by molar-refractivity contribution is 5.96. The summed E-state index contributed by atoms with van der Waals surface area (Å²) in [6.07, 6.45) is 0. The molecule has 1 fully saturated rings. The average Bonchev–Trinajstić information content (AvgIpc) is 3.15. The molecule has 1 saturated heterocycles. The second-order valence-electron chi connectivity index (χ2n) is 7.68. The maximum Gasteiger partial charge on any atom is 0.290 e. The van der Waals surface area contributed by atoms with Crippen molar-refractivity contribution < 1.29 is 18.9 Å². The number of amides is 2. The molecule has 0 saturated carbocycles. The van der Waals surface area contributed by atoms with Crippen LogP contribution in [-0.4, -0.2) is 49.4 Å². The smallest absolute Gasteiger partial charge is 0.290 e. The van der Waals surface area contributed by atoms with Gasteiger partial charge < -0.3 is 19.5 Å². The summed E-state index contributed by atoms with van der Waals surface area (Å²) < 4.78 is 5.70. The molecule has 0 radical (unpaired) electrons. The molecule has 1 aromatic heterocycles. The number of anilines is 1. The Labute approximate surface area is 170 Å². The Bertz CT molecular complexity index is 995. The number of hydrogen-bond acceptors (Lipinski definition) is 3. The molecule has 0 unspecified atom stereocenters. The van der Waals surface area contributed by atoms with E-state index in [1.54, 1.807) is 6.07 Å². The van der Waals surface area contributed by atoms with Gasteiger partial charge in [-0.1, -0.05) is 36.4 Å². The number of piperazine rings is 1. The minimum atomic E-state index is -0.0831. The summed E-state index contributed by atoms with van der Waals surface area (Å²) in [6.45, 7) is 7.11. The summed E-state index contributed by atoms with van der Waals surface area (Å²) in [6, 6.07) is 15.4. The molecule has 2 amide bonds. The molecule has 2 heterocycles. The molecular weight excluding hydrogens is 366 g/mol. The van der Waals surface area contributed by atoms with Crippen LogP contribution < -0.4 is 10.2 Å². The molecule has 0 spiro atoms. The zero-order chi connectivity index (χ0) is 20.4. The number of quaternary nitrogens is 1. The van der Waals surface area contributed by atoms with Crippen molar-refractivity contribution >= 4 is 28.5 Å². The van der Waals surface area contributed by atoms with E-state index in [4.69, 9.17) is 4.42 Å². The average molecular weight is 392 g/mol. The first kappa shape index (κ1) is 19.2. The Morgan fingerprint density at radius 1 is 1.03 bits per heavy atom. The van der Waals surface area contributed by atoms with Crippen LogP contribution in [0.2, 0.25) is 0 Å². The monoisotopic (exact) mass is 392 g/mol. The highest BCUT2D eigenvalue weighted by atomic mass is 16.3. The van der Waals surface area contributed by atoms with Crippen LogP contribution in [0.5, 0.6) is 0 Å². The van der Waals surface area contributed by atoms with Gasteiger partial charge in [0.15, 0.2) is 12.3 Å². The number of carbonyl (C=O) groups excluding carboxylic acids is 2. The maximum atomic E-state index is 12.8. The zero-order valence-corrected chi connectivity index (χ0v) is 16.8. The van der Waals surface area contributed by atoms with E-state index in [0.29, 0.717) is 25.4 Å². The molecule has 4 rings (SSSR count). The summed E-state index contributed by atoms with van der Waals surface area (Å²) >= 11 is 0. The van der Waals surface area contributed by atoms with E-state index in [-0.39, 0.29) is 11.8 Å². The number of nitrogens with one attached hydrogen (secondary N) is 2. The number of nitrogens with zero attached hydrogens (tertiary/aromatic N) is 1. The van der Waals surface area contributed by atoms with Crippen molar-refractivity contribution in [3.05, 3.63) is 65.4 Å². The van der Waals surface area contributed by atoms with Gasteiger partial charge in [0.1, 0.15) is 5.58 Å². The molecule has 6 nitrogen and oxygen atoms in total. The van der Waals surface area contributed by atoms with Gasteiger partial charge in [-0.2, -0.15) is 0 Å². The quantitative estimate of drug-likeness (QED) is 0.714. The molecule has 2 N–H and O–H groups in total. The van der Waals surface area contributed by atoms with Crippen molar-refractivity contribution in [2.45, 2.75) is 13.8 Å². The molecule has 6 heteroatoms.